The largest absolute Gasteiger partial charge is 0.219 e. The molecule has 0 atom stereocenters. The van der Waals surface area contributed by atoms with Gasteiger partial charge in [-0.05, 0) is 33.1 Å². The fraction of sp³-hybridized carbons (Fsp3) is 0.600. The molecule has 86 valence electrons. The summed E-state index contributed by atoms with van der Waals surface area (Å²) in [6.07, 6.45) is 3.40. The van der Waals surface area contributed by atoms with Crippen LogP contribution in [0.2, 0.25) is 18.1 Å². The third-order valence-corrected chi connectivity index (χ3v) is 13.8. The lowest BCUT2D eigenvalue weighted by Crippen LogP contribution is -2.41. The van der Waals surface area contributed by atoms with Crippen LogP contribution in [0.4, 0.5) is 0 Å². The molecule has 15 heavy (non-hydrogen) atoms. The summed E-state index contributed by atoms with van der Waals surface area (Å²) in [6.45, 7) is 10.6. The molecular weight excluding hydrogens is 292 g/mol. The van der Waals surface area contributed by atoms with Crippen LogP contribution in [0.5, 0.6) is 0 Å². The van der Waals surface area contributed by atoms with E-state index in [9.17, 15) is 8.42 Å². The maximum atomic E-state index is 12.0. The van der Waals surface area contributed by atoms with Gasteiger partial charge in [-0.15, -0.1) is 0 Å². The van der Waals surface area contributed by atoms with Crippen LogP contribution in [0.25, 0.3) is 0 Å². The molecule has 1 aliphatic rings. The second-order valence-electron chi connectivity index (χ2n) is 5.38. The van der Waals surface area contributed by atoms with E-state index in [1.54, 1.807) is 12.2 Å². The third kappa shape index (κ3) is 2.01. The third-order valence-electron chi connectivity index (χ3n) is 3.40. The van der Waals surface area contributed by atoms with Crippen LogP contribution in [0.1, 0.15) is 20.8 Å². The molecule has 2 nitrogen and oxygen atoms in total. The van der Waals surface area contributed by atoms with Gasteiger partial charge in [0, 0.05) is 4.53 Å². The van der Waals surface area contributed by atoms with Crippen molar-refractivity contribution in [1.29, 1.82) is 0 Å². The van der Waals surface area contributed by atoms with Crippen LogP contribution in [0.3, 0.4) is 0 Å². The standard InChI is InChI=1S/C10H17BrO2SSi/c1-10(2,3)15(4,5)9-7-6-8(11)14(9,12)13/h6-7H,1-5H3. The second kappa shape index (κ2) is 3.57. The average Bonchev–Trinajstić information content (AvgIpc) is 2.25. The molecule has 0 saturated carbocycles. The molecule has 0 amide bonds. The minimum absolute atomic E-state index is 0.0391. The van der Waals surface area contributed by atoms with Gasteiger partial charge in [0.25, 0.3) is 0 Å². The van der Waals surface area contributed by atoms with Gasteiger partial charge in [0.2, 0.25) is 9.84 Å². The summed E-state index contributed by atoms with van der Waals surface area (Å²) in [7, 11) is -5.16. The summed E-state index contributed by atoms with van der Waals surface area (Å²) in [4.78, 5) is 0. The van der Waals surface area contributed by atoms with Gasteiger partial charge in [0.15, 0.2) is 0 Å². The van der Waals surface area contributed by atoms with Crippen LogP contribution >= 0.6 is 15.9 Å². The zero-order valence-corrected chi connectivity index (χ0v) is 13.2. The number of hydrogen-bond acceptors (Lipinski definition) is 2. The van der Waals surface area contributed by atoms with E-state index in [-0.39, 0.29) is 5.04 Å². The van der Waals surface area contributed by atoms with E-state index >= 15 is 0 Å². The normalized spacial score (nSPS) is 21.2. The van der Waals surface area contributed by atoms with Crippen LogP contribution in [-0.2, 0) is 9.84 Å². The van der Waals surface area contributed by atoms with E-state index in [1.807, 2.05) is 0 Å². The topological polar surface area (TPSA) is 34.1 Å². The molecule has 0 spiro atoms. The number of sulfone groups is 1. The van der Waals surface area contributed by atoms with Crippen LogP contribution in [-0.4, -0.2) is 16.5 Å². The Bertz CT molecular complexity index is 439. The molecule has 0 bridgehead atoms. The van der Waals surface area contributed by atoms with Crippen molar-refractivity contribution in [2.75, 3.05) is 0 Å². The molecular formula is C10H17BrO2SSi. The Hall–Kier alpha value is 0.127. The highest BCUT2D eigenvalue weighted by molar-refractivity contribution is 9.13. The lowest BCUT2D eigenvalue weighted by Gasteiger charge is -2.37. The summed E-state index contributed by atoms with van der Waals surface area (Å²) in [5.41, 5.74) is 0. The van der Waals surface area contributed by atoms with E-state index < -0.39 is 17.9 Å². The van der Waals surface area contributed by atoms with Crippen LogP contribution in [0, 0.1) is 0 Å². The first-order chi connectivity index (χ1) is 6.51. The molecule has 0 fully saturated rings. The molecule has 0 aromatic carbocycles. The van der Waals surface area contributed by atoms with E-state index in [0.29, 0.717) is 8.34 Å². The van der Waals surface area contributed by atoms with Crippen molar-refractivity contribution in [3.63, 3.8) is 0 Å². The fourth-order valence-electron chi connectivity index (χ4n) is 1.34. The Kier molecular flexibility index (Phi) is 3.14. The zero-order valence-electron chi connectivity index (χ0n) is 9.76. The lowest BCUT2D eigenvalue weighted by atomic mass is 10.2. The highest BCUT2D eigenvalue weighted by atomic mass is 79.9. The van der Waals surface area contributed by atoms with E-state index in [2.05, 4.69) is 49.8 Å². The van der Waals surface area contributed by atoms with E-state index in [0.717, 1.165) is 0 Å². The van der Waals surface area contributed by atoms with Gasteiger partial charge in [-0.2, -0.15) is 0 Å². The zero-order chi connectivity index (χ0) is 12.1. The molecule has 0 saturated heterocycles. The van der Waals surface area contributed by atoms with Crippen molar-refractivity contribution >= 4 is 33.8 Å². The van der Waals surface area contributed by atoms with Gasteiger partial charge in [-0.25, -0.2) is 8.42 Å². The molecule has 0 unspecified atom stereocenters. The van der Waals surface area contributed by atoms with Gasteiger partial charge in [0.1, 0.15) is 11.9 Å². The highest BCUT2D eigenvalue weighted by Gasteiger charge is 2.45. The molecule has 0 radical (unpaired) electrons. The summed E-state index contributed by atoms with van der Waals surface area (Å²) in [6, 6.07) is 0. The Morgan fingerprint density at radius 3 is 1.93 bits per heavy atom. The number of allylic oxidation sites excluding steroid dienone is 2. The van der Waals surface area contributed by atoms with Gasteiger partial charge in [-0.1, -0.05) is 33.9 Å². The molecule has 1 heterocycles. The maximum absolute atomic E-state index is 12.0. The number of halogens is 1. The summed E-state index contributed by atoms with van der Waals surface area (Å²) < 4.78 is 25.0. The van der Waals surface area contributed by atoms with E-state index in [4.69, 9.17) is 0 Å². The Morgan fingerprint density at radius 2 is 1.67 bits per heavy atom. The minimum atomic E-state index is -3.21. The first-order valence-electron chi connectivity index (χ1n) is 4.84. The van der Waals surface area contributed by atoms with Crippen LogP contribution < -0.4 is 0 Å². The fourth-order valence-corrected chi connectivity index (χ4v) is 8.32. The molecule has 0 aliphatic carbocycles. The molecule has 0 aromatic rings. The van der Waals surface area contributed by atoms with Crippen molar-refractivity contribution in [2.24, 2.45) is 0 Å². The van der Waals surface area contributed by atoms with Crippen molar-refractivity contribution in [1.82, 2.24) is 0 Å². The predicted octanol–water partition coefficient (Wildman–Crippen LogP) is 3.58. The molecule has 0 aromatic heterocycles. The first-order valence-corrected chi connectivity index (χ1v) is 10.1. The van der Waals surface area contributed by atoms with Crippen molar-refractivity contribution in [3.05, 3.63) is 20.5 Å². The average molecular weight is 309 g/mol. The molecule has 0 N–H and O–H groups in total. The smallest absolute Gasteiger partial charge is 0.205 e. The van der Waals surface area contributed by atoms with Crippen molar-refractivity contribution in [3.8, 4) is 0 Å². The Labute approximate surface area is 102 Å². The summed E-state index contributed by atoms with van der Waals surface area (Å²) in [5, 5.41) is 0.0391. The summed E-state index contributed by atoms with van der Waals surface area (Å²) in [5.74, 6) is 0. The second-order valence-corrected chi connectivity index (χ2v) is 14.3. The van der Waals surface area contributed by atoms with Crippen molar-refractivity contribution < 1.29 is 8.42 Å². The van der Waals surface area contributed by atoms with Gasteiger partial charge in [-0.3, -0.25) is 0 Å². The minimum Gasteiger partial charge on any atom is -0.219 e. The maximum Gasteiger partial charge on any atom is 0.205 e. The number of hydrogen-bond donors (Lipinski definition) is 0. The first kappa shape index (κ1) is 13.2. The molecule has 5 heteroatoms. The SMILES string of the molecule is CC(C)(C)[Si](C)(C)C1=CC=C(Br)S1(=O)=O. The Morgan fingerprint density at radius 1 is 1.20 bits per heavy atom. The van der Waals surface area contributed by atoms with Gasteiger partial charge >= 0.3 is 0 Å². The Balaban J connectivity index is 3.27. The highest BCUT2D eigenvalue weighted by Crippen LogP contribution is 2.46. The quantitative estimate of drug-likeness (QED) is 0.694. The van der Waals surface area contributed by atoms with Gasteiger partial charge in [0.05, 0.1) is 0 Å². The van der Waals surface area contributed by atoms with E-state index in [1.165, 1.54) is 0 Å². The number of rotatable bonds is 1. The summed E-state index contributed by atoms with van der Waals surface area (Å²) >= 11 is 3.10. The lowest BCUT2D eigenvalue weighted by molar-refractivity contribution is 0.610. The van der Waals surface area contributed by atoms with Crippen LogP contribution in [0.15, 0.2) is 20.5 Å². The predicted molar refractivity (Wildman–Crippen MR) is 71.2 cm³/mol. The van der Waals surface area contributed by atoms with Gasteiger partial charge < -0.3 is 0 Å². The van der Waals surface area contributed by atoms with Crippen molar-refractivity contribution in [2.45, 2.75) is 38.9 Å². The molecule has 1 aliphatic heterocycles. The molecule has 1 rings (SSSR count). The monoisotopic (exact) mass is 308 g/mol.